The molecule has 1 saturated heterocycles. The minimum absolute atomic E-state index is 0.239. The van der Waals surface area contributed by atoms with Gasteiger partial charge in [-0.15, -0.1) is 0 Å². The molecule has 1 aromatic heterocycles. The quantitative estimate of drug-likeness (QED) is 0.553. The van der Waals surface area contributed by atoms with Crippen molar-refractivity contribution in [2.75, 3.05) is 11.9 Å². The van der Waals surface area contributed by atoms with Gasteiger partial charge in [0.15, 0.2) is 0 Å². The van der Waals surface area contributed by atoms with E-state index in [1.807, 2.05) is 6.07 Å². The van der Waals surface area contributed by atoms with E-state index in [1.165, 1.54) is 0 Å². The molecule has 3 aromatic rings. The van der Waals surface area contributed by atoms with Crippen molar-refractivity contribution < 1.29 is 14.3 Å². The zero-order valence-electron chi connectivity index (χ0n) is 17.7. The molecule has 0 aliphatic carbocycles. The standard InChI is InChI=1S/C24H22N6O3/c25-12-15-4-1-2-6-21(15)29-24(32)33-18-7-8-22-19(11-18)16(14-28-22)10-20(27)23(31)30-9-3-5-17(30)13-26/h1-2,4,6-8,11,14,17,20,28H,3,5,9-10,27H2,(H,29,32)/t17-,20-/m0/s1. The van der Waals surface area contributed by atoms with Crippen LogP contribution in [0.5, 0.6) is 5.75 Å². The minimum atomic E-state index is -0.784. The molecular formula is C24H22N6O3. The molecule has 0 bridgehead atoms. The number of nitriles is 2. The molecule has 4 rings (SSSR count). The second-order valence-corrected chi connectivity index (χ2v) is 7.82. The van der Waals surface area contributed by atoms with Crippen LogP contribution in [0.15, 0.2) is 48.7 Å². The molecule has 1 aliphatic heterocycles. The van der Waals surface area contributed by atoms with Crippen molar-refractivity contribution in [3.8, 4) is 17.9 Å². The highest BCUT2D eigenvalue weighted by Crippen LogP contribution is 2.26. The first-order valence-corrected chi connectivity index (χ1v) is 10.5. The molecule has 33 heavy (non-hydrogen) atoms. The summed E-state index contributed by atoms with van der Waals surface area (Å²) in [6, 6.07) is 14.7. The summed E-state index contributed by atoms with van der Waals surface area (Å²) in [7, 11) is 0. The summed E-state index contributed by atoms with van der Waals surface area (Å²) >= 11 is 0. The topological polar surface area (TPSA) is 148 Å². The lowest BCUT2D eigenvalue weighted by Crippen LogP contribution is -2.46. The van der Waals surface area contributed by atoms with Crippen molar-refractivity contribution in [2.24, 2.45) is 5.73 Å². The lowest BCUT2D eigenvalue weighted by Gasteiger charge is -2.23. The number of anilines is 1. The van der Waals surface area contributed by atoms with Crippen molar-refractivity contribution >= 4 is 28.6 Å². The summed E-state index contributed by atoms with van der Waals surface area (Å²) in [6.07, 6.45) is 2.79. The summed E-state index contributed by atoms with van der Waals surface area (Å²) < 4.78 is 5.40. The molecule has 0 radical (unpaired) electrons. The number of para-hydroxylation sites is 1. The average molecular weight is 442 g/mol. The molecule has 2 heterocycles. The second-order valence-electron chi connectivity index (χ2n) is 7.82. The Balaban J connectivity index is 1.47. The van der Waals surface area contributed by atoms with E-state index in [4.69, 9.17) is 15.7 Å². The molecule has 166 valence electrons. The van der Waals surface area contributed by atoms with Crippen LogP contribution in [0.1, 0.15) is 24.0 Å². The number of benzene rings is 2. The Bertz CT molecular complexity index is 1290. The minimum Gasteiger partial charge on any atom is -0.410 e. The van der Waals surface area contributed by atoms with Crippen LogP contribution in [0, 0.1) is 22.7 Å². The largest absolute Gasteiger partial charge is 0.417 e. The first kappa shape index (κ1) is 21.9. The number of hydrogen-bond acceptors (Lipinski definition) is 6. The summed E-state index contributed by atoms with van der Waals surface area (Å²) in [4.78, 5) is 29.8. The van der Waals surface area contributed by atoms with E-state index in [-0.39, 0.29) is 12.3 Å². The van der Waals surface area contributed by atoms with E-state index in [1.54, 1.807) is 53.6 Å². The van der Waals surface area contributed by atoms with E-state index < -0.39 is 18.2 Å². The maximum atomic E-state index is 12.8. The van der Waals surface area contributed by atoms with E-state index in [0.717, 1.165) is 22.9 Å². The van der Waals surface area contributed by atoms with Crippen molar-refractivity contribution in [1.29, 1.82) is 10.5 Å². The predicted molar refractivity (Wildman–Crippen MR) is 121 cm³/mol. The molecule has 0 spiro atoms. The van der Waals surface area contributed by atoms with Gasteiger partial charge in [-0.3, -0.25) is 10.1 Å². The van der Waals surface area contributed by atoms with Gasteiger partial charge in [-0.2, -0.15) is 10.5 Å². The van der Waals surface area contributed by atoms with Gasteiger partial charge in [0, 0.05) is 23.6 Å². The molecule has 2 aromatic carbocycles. The Kier molecular flexibility index (Phi) is 6.25. The van der Waals surface area contributed by atoms with Crippen molar-refractivity contribution in [1.82, 2.24) is 9.88 Å². The van der Waals surface area contributed by atoms with Gasteiger partial charge in [-0.1, -0.05) is 12.1 Å². The van der Waals surface area contributed by atoms with Crippen LogP contribution < -0.4 is 15.8 Å². The summed E-state index contributed by atoms with van der Waals surface area (Å²) in [6.45, 7) is 0.542. The van der Waals surface area contributed by atoms with Crippen LogP contribution in [-0.4, -0.2) is 40.5 Å². The van der Waals surface area contributed by atoms with Crippen molar-refractivity contribution in [3.63, 3.8) is 0 Å². The Hall–Kier alpha value is -4.34. The number of aromatic nitrogens is 1. The van der Waals surface area contributed by atoms with Crippen molar-refractivity contribution in [3.05, 3.63) is 59.8 Å². The highest BCUT2D eigenvalue weighted by Gasteiger charge is 2.31. The maximum Gasteiger partial charge on any atom is 0.417 e. The number of hydrogen-bond donors (Lipinski definition) is 3. The van der Waals surface area contributed by atoms with Crippen LogP contribution in [-0.2, 0) is 11.2 Å². The number of nitrogens with one attached hydrogen (secondary N) is 2. The highest BCUT2D eigenvalue weighted by atomic mass is 16.6. The summed E-state index contributed by atoms with van der Waals surface area (Å²) in [5.41, 5.74) is 8.49. The van der Waals surface area contributed by atoms with E-state index in [2.05, 4.69) is 16.4 Å². The van der Waals surface area contributed by atoms with Crippen LogP contribution in [0.3, 0.4) is 0 Å². The van der Waals surface area contributed by atoms with Gasteiger partial charge >= 0.3 is 6.09 Å². The Labute approximate surface area is 190 Å². The fourth-order valence-corrected chi connectivity index (χ4v) is 4.02. The molecule has 2 amide bonds. The molecule has 9 heteroatoms. The lowest BCUT2D eigenvalue weighted by molar-refractivity contribution is -0.132. The summed E-state index contributed by atoms with van der Waals surface area (Å²) in [5, 5.41) is 21.7. The third kappa shape index (κ3) is 4.64. The fourth-order valence-electron chi connectivity index (χ4n) is 4.02. The van der Waals surface area contributed by atoms with Crippen LogP contribution in [0.4, 0.5) is 10.5 Å². The number of nitrogens with two attached hydrogens (primary N) is 1. The van der Waals surface area contributed by atoms with Gasteiger partial charge < -0.3 is 20.4 Å². The third-order valence-electron chi connectivity index (χ3n) is 5.68. The van der Waals surface area contributed by atoms with E-state index >= 15 is 0 Å². The number of fused-ring (bicyclic) bond motifs is 1. The molecule has 0 saturated carbocycles. The van der Waals surface area contributed by atoms with Gasteiger partial charge in [0.25, 0.3) is 0 Å². The average Bonchev–Trinajstić information content (AvgIpc) is 3.46. The number of aromatic amines is 1. The van der Waals surface area contributed by atoms with E-state index in [9.17, 15) is 14.9 Å². The Morgan fingerprint density at radius 1 is 1.27 bits per heavy atom. The van der Waals surface area contributed by atoms with Crippen LogP contribution in [0.25, 0.3) is 10.9 Å². The SMILES string of the molecule is N#Cc1ccccc1NC(=O)Oc1ccc2[nH]cc(C[C@H](N)C(=O)N3CCC[C@H]3C#N)c2c1. The molecule has 4 N–H and O–H groups in total. The number of nitrogens with zero attached hydrogens (tertiary/aromatic N) is 3. The van der Waals surface area contributed by atoms with Crippen LogP contribution in [0.2, 0.25) is 0 Å². The molecule has 0 unspecified atom stereocenters. The van der Waals surface area contributed by atoms with Crippen LogP contribution >= 0.6 is 0 Å². The first-order valence-electron chi connectivity index (χ1n) is 10.5. The van der Waals surface area contributed by atoms with Gasteiger partial charge in [-0.05, 0) is 55.2 Å². The monoisotopic (exact) mass is 442 g/mol. The van der Waals surface area contributed by atoms with Gasteiger partial charge in [0.2, 0.25) is 5.91 Å². The van der Waals surface area contributed by atoms with Gasteiger partial charge in [-0.25, -0.2) is 4.79 Å². The third-order valence-corrected chi connectivity index (χ3v) is 5.68. The van der Waals surface area contributed by atoms with E-state index in [0.29, 0.717) is 30.0 Å². The summed E-state index contributed by atoms with van der Waals surface area (Å²) in [5.74, 6) is 0.0654. The molecular weight excluding hydrogens is 420 g/mol. The molecule has 1 fully saturated rings. The maximum absolute atomic E-state index is 12.8. The molecule has 2 atom stereocenters. The number of carbonyl (C=O) groups excluding carboxylic acids is 2. The number of H-pyrrole nitrogens is 1. The second kappa shape index (κ2) is 9.43. The van der Waals surface area contributed by atoms with Gasteiger partial charge in [0.1, 0.15) is 17.9 Å². The number of likely N-dealkylation sites (tertiary alicyclic amines) is 1. The highest BCUT2D eigenvalue weighted by molar-refractivity contribution is 5.90. The van der Waals surface area contributed by atoms with Crippen molar-refractivity contribution in [2.45, 2.75) is 31.3 Å². The normalized spacial score (nSPS) is 16.1. The number of amides is 2. The Morgan fingerprint density at radius 3 is 2.88 bits per heavy atom. The Morgan fingerprint density at radius 2 is 2.09 bits per heavy atom. The smallest absolute Gasteiger partial charge is 0.410 e. The number of rotatable bonds is 5. The lowest BCUT2D eigenvalue weighted by atomic mass is 10.0. The molecule has 1 aliphatic rings. The number of carbonyl (C=O) groups is 2. The van der Waals surface area contributed by atoms with Gasteiger partial charge in [0.05, 0.1) is 23.4 Å². The number of ether oxygens (including phenoxy) is 1. The zero-order valence-corrected chi connectivity index (χ0v) is 17.7. The fraction of sp³-hybridized carbons (Fsp3) is 0.250. The predicted octanol–water partition coefficient (Wildman–Crippen LogP) is 3.03. The molecule has 9 nitrogen and oxygen atoms in total. The first-order chi connectivity index (χ1) is 16.0. The zero-order chi connectivity index (χ0) is 23.4.